The molecule has 0 aromatic heterocycles. The lowest BCUT2D eigenvalue weighted by atomic mass is 9.95. The van der Waals surface area contributed by atoms with Crippen molar-refractivity contribution in [2.75, 3.05) is 86.9 Å². The number of likely N-dealkylation sites (N-methyl/N-ethyl adjacent to an activating group) is 1. The van der Waals surface area contributed by atoms with Gasteiger partial charge in [0.1, 0.15) is 24.1 Å². The van der Waals surface area contributed by atoms with E-state index >= 15 is 0 Å². The van der Waals surface area contributed by atoms with Crippen LogP contribution in [0.5, 0.6) is 11.5 Å². The molecule has 0 saturated carbocycles. The van der Waals surface area contributed by atoms with Gasteiger partial charge in [-0.2, -0.15) is 0 Å². The summed E-state index contributed by atoms with van der Waals surface area (Å²) >= 11 is 6.56. The van der Waals surface area contributed by atoms with Crippen molar-refractivity contribution in [2.24, 2.45) is 5.73 Å². The van der Waals surface area contributed by atoms with E-state index in [4.69, 9.17) is 26.8 Å². The van der Waals surface area contributed by atoms with E-state index in [1.54, 1.807) is 45.0 Å². The van der Waals surface area contributed by atoms with E-state index in [-0.39, 0.29) is 87.4 Å². The Balaban J connectivity index is 0.781. The summed E-state index contributed by atoms with van der Waals surface area (Å²) in [5.41, 5.74) is 9.83. The lowest BCUT2D eigenvalue weighted by Gasteiger charge is -2.31. The summed E-state index contributed by atoms with van der Waals surface area (Å²) in [4.78, 5) is 124. The number of ether oxygens (including phenoxy) is 2. The molecule has 4 aliphatic rings. The molecule has 2 atom stereocenters. The fourth-order valence-electron chi connectivity index (χ4n) is 11.0. The van der Waals surface area contributed by atoms with E-state index in [9.17, 15) is 43.2 Å². The Labute approximate surface area is 485 Å². The molecule has 5 aromatic carbocycles. The molecule has 0 bridgehead atoms. The van der Waals surface area contributed by atoms with E-state index in [2.05, 4.69) is 26.2 Å². The van der Waals surface area contributed by atoms with Crippen LogP contribution in [0.1, 0.15) is 80.4 Å². The number of fused-ring (bicyclic) bond motifs is 6. The highest BCUT2D eigenvalue weighted by Crippen LogP contribution is 2.46. The Kier molecular flexibility index (Phi) is 19.6. The Morgan fingerprint density at radius 1 is 0.699 bits per heavy atom. The molecule has 5 aromatic rings. The number of hydrogen-bond acceptors (Lipinski definition) is 12. The van der Waals surface area contributed by atoms with Gasteiger partial charge >= 0.3 is 12.1 Å². The van der Waals surface area contributed by atoms with Crippen molar-refractivity contribution in [3.8, 4) is 11.5 Å². The monoisotopic (exact) mass is 1150 g/mol. The van der Waals surface area contributed by atoms with Crippen molar-refractivity contribution < 1.29 is 52.6 Å². The average molecular weight is 1150 g/mol. The predicted octanol–water partition coefficient (Wildman–Crippen LogP) is 6.22. The quantitative estimate of drug-likeness (QED) is 0.0262. The smallest absolute Gasteiger partial charge is 0.415 e. The minimum atomic E-state index is -1.02. The third-order valence-electron chi connectivity index (χ3n) is 15.5. The van der Waals surface area contributed by atoms with Crippen LogP contribution in [0.4, 0.5) is 26.7 Å². The summed E-state index contributed by atoms with van der Waals surface area (Å²) in [6, 6.07) is 24.5. The van der Waals surface area contributed by atoms with E-state index < -0.39 is 30.0 Å². The van der Waals surface area contributed by atoms with Crippen LogP contribution in [0.15, 0.2) is 97.1 Å². The summed E-state index contributed by atoms with van der Waals surface area (Å²) in [5.74, 6) is -1.33. The van der Waals surface area contributed by atoms with Crippen LogP contribution in [0.2, 0.25) is 0 Å². The predicted molar refractivity (Wildman–Crippen MR) is 314 cm³/mol. The van der Waals surface area contributed by atoms with Crippen molar-refractivity contribution >= 4 is 104 Å². The number of amides is 10. The van der Waals surface area contributed by atoms with E-state index in [1.807, 2.05) is 61.6 Å². The van der Waals surface area contributed by atoms with Crippen molar-refractivity contribution in [1.82, 2.24) is 30.7 Å². The van der Waals surface area contributed by atoms with Gasteiger partial charge in [0.25, 0.3) is 11.8 Å². The Hall–Kier alpha value is -8.56. The molecule has 83 heavy (non-hydrogen) atoms. The second kappa shape index (κ2) is 27.5. The zero-order valence-corrected chi connectivity index (χ0v) is 47.2. The zero-order valence-electron chi connectivity index (χ0n) is 46.4. The number of urea groups is 1. The minimum Gasteiger partial charge on any atom is -0.488 e. The molecule has 1 saturated heterocycles. The second-order valence-corrected chi connectivity index (χ2v) is 21.5. The average Bonchev–Trinajstić information content (AvgIpc) is 3.55. The van der Waals surface area contributed by atoms with Gasteiger partial charge < -0.3 is 56.1 Å². The summed E-state index contributed by atoms with van der Waals surface area (Å²) in [5, 5.41) is 14.1. The lowest BCUT2D eigenvalue weighted by Crippen LogP contribution is -2.48. The number of imide groups is 1. The number of carbonyl (C=O) groups excluding carboxylic acids is 9. The van der Waals surface area contributed by atoms with E-state index in [0.29, 0.717) is 93.5 Å². The molecule has 0 radical (unpaired) electrons. The highest BCUT2D eigenvalue weighted by molar-refractivity contribution is 6.19. The van der Waals surface area contributed by atoms with Crippen molar-refractivity contribution in [1.29, 1.82) is 0 Å². The van der Waals surface area contributed by atoms with Crippen LogP contribution in [0.25, 0.3) is 21.5 Å². The summed E-state index contributed by atoms with van der Waals surface area (Å²) in [6.45, 7) is 3.66. The van der Waals surface area contributed by atoms with Crippen LogP contribution in [-0.4, -0.2) is 146 Å². The maximum absolute atomic E-state index is 14.1. The third-order valence-corrected chi connectivity index (χ3v) is 15.9. The summed E-state index contributed by atoms with van der Waals surface area (Å²) < 4.78 is 12.5. The fourth-order valence-corrected chi connectivity index (χ4v) is 11.3. The lowest BCUT2D eigenvalue weighted by molar-refractivity contribution is -0.137. The van der Waals surface area contributed by atoms with Gasteiger partial charge in [0, 0.05) is 124 Å². The SMILES string of the molecule is CN1CCN(C(=O)Oc2cc3c(c4ccccc24)[C@H](CCl)CN3C(=O)CCCC(=O)N2CCc3c2cc(OCc2ccc(NC(=O)[C@H](CCCNC(N)=O)NC(=O)CNC(=O)CCCCCN4C(=O)C=CC4=O)cc2)c2ccccc32)CC1. The molecular weight excluding hydrogens is 1080 g/mol. The maximum Gasteiger partial charge on any atom is 0.415 e. The Bertz CT molecular complexity index is 3310. The molecule has 4 aliphatic heterocycles. The van der Waals surface area contributed by atoms with Crippen LogP contribution < -0.4 is 46.3 Å². The van der Waals surface area contributed by atoms with Gasteiger partial charge in [-0.05, 0) is 85.2 Å². The molecule has 9 rings (SSSR count). The van der Waals surface area contributed by atoms with Gasteiger partial charge in [-0.1, -0.05) is 67.1 Å². The number of rotatable bonds is 24. The van der Waals surface area contributed by atoms with Crippen LogP contribution in [0, 0.1) is 0 Å². The number of benzene rings is 5. The number of anilines is 3. The number of piperazine rings is 1. The maximum atomic E-state index is 14.1. The minimum absolute atomic E-state index is 0.109. The molecule has 22 heteroatoms. The van der Waals surface area contributed by atoms with Crippen molar-refractivity contribution in [3.63, 3.8) is 0 Å². The Morgan fingerprint density at radius 3 is 2.06 bits per heavy atom. The standard InChI is InChI=1S/C61H69ClN10O11/c1-68-29-31-69(32-30-68)61(81)83-51-34-49-58(46-14-7-6-13-45(46)51)40(35-62)37-72(49)55(76)18-9-17-54(75)70-28-25-43-42-11-4-5-12-44(42)50(33-48(43)70)82-38-39-19-21-41(22-20-39)66-59(79)47(15-10-26-64-60(63)80)67-53(74)36-65-52(73)16-3-2-8-27-71-56(77)23-24-57(71)78/h4-7,11-14,19-24,33-34,40,47H,2-3,8-10,15-18,25-32,35-38H2,1H3,(H,65,73)(H,66,79)(H,67,74)(H3,63,64,80)/t40-,47+/m1/s1. The van der Waals surface area contributed by atoms with Crippen LogP contribution in [-0.2, 0) is 46.6 Å². The molecule has 6 N–H and O–H groups in total. The van der Waals surface area contributed by atoms with Crippen LogP contribution >= 0.6 is 11.6 Å². The number of halogens is 1. The molecule has 10 amide bonds. The van der Waals surface area contributed by atoms with Gasteiger partial charge in [-0.25, -0.2) is 9.59 Å². The molecule has 0 aliphatic carbocycles. The molecule has 1 fully saturated rings. The van der Waals surface area contributed by atoms with Gasteiger partial charge in [-0.15, -0.1) is 11.6 Å². The molecular formula is C61H69ClN10O11. The second-order valence-electron chi connectivity index (χ2n) is 21.2. The summed E-state index contributed by atoms with van der Waals surface area (Å²) in [7, 11) is 2.02. The topological polar surface area (TPSA) is 262 Å². The first kappa shape index (κ1) is 59.1. The highest BCUT2D eigenvalue weighted by atomic mass is 35.5. The van der Waals surface area contributed by atoms with E-state index in [1.165, 1.54) is 12.2 Å². The Morgan fingerprint density at radius 2 is 1.36 bits per heavy atom. The van der Waals surface area contributed by atoms with Gasteiger partial charge in [0.2, 0.25) is 29.5 Å². The van der Waals surface area contributed by atoms with Crippen molar-refractivity contribution in [3.05, 3.63) is 114 Å². The number of nitrogens with one attached hydrogen (secondary N) is 4. The molecule has 21 nitrogen and oxygen atoms in total. The highest BCUT2D eigenvalue weighted by Gasteiger charge is 2.36. The number of carbonyl (C=O) groups is 9. The molecule has 436 valence electrons. The first-order chi connectivity index (χ1) is 40.1. The van der Waals surface area contributed by atoms with Crippen molar-refractivity contribution in [2.45, 2.75) is 82.8 Å². The van der Waals surface area contributed by atoms with E-state index in [0.717, 1.165) is 61.9 Å². The number of unbranched alkanes of at least 4 members (excludes halogenated alkanes) is 2. The van der Waals surface area contributed by atoms with Gasteiger partial charge in [0.05, 0.1) is 17.9 Å². The number of hydrogen-bond donors (Lipinski definition) is 5. The zero-order chi connectivity index (χ0) is 58.6. The van der Waals surface area contributed by atoms with Crippen LogP contribution in [0.3, 0.4) is 0 Å². The normalized spacial score (nSPS) is 16.0. The largest absolute Gasteiger partial charge is 0.488 e. The fraction of sp³-hybridized carbons (Fsp3) is 0.393. The first-order valence-electron chi connectivity index (χ1n) is 28.2. The third kappa shape index (κ3) is 14.6. The number of nitrogens with zero attached hydrogens (tertiary/aromatic N) is 5. The molecule has 0 unspecified atom stereocenters. The number of primary amides is 1. The molecule has 0 spiro atoms. The van der Waals surface area contributed by atoms with Gasteiger partial charge in [-0.3, -0.25) is 38.5 Å². The molecule has 4 heterocycles. The van der Waals surface area contributed by atoms with Gasteiger partial charge in [0.15, 0.2) is 0 Å². The number of alkyl halides is 1. The first-order valence-corrected chi connectivity index (χ1v) is 28.8. The number of nitrogens with two attached hydrogens (primary N) is 1. The summed E-state index contributed by atoms with van der Waals surface area (Å²) in [6.07, 6.45) is 5.42.